The van der Waals surface area contributed by atoms with Gasteiger partial charge in [0.15, 0.2) is 0 Å². The summed E-state index contributed by atoms with van der Waals surface area (Å²) in [5.74, 6) is 0.311. The average molecular weight is 359 g/mol. The van der Waals surface area contributed by atoms with Crippen molar-refractivity contribution < 1.29 is 10.2 Å². The second-order valence-corrected chi connectivity index (χ2v) is 7.26. The van der Waals surface area contributed by atoms with Crippen molar-refractivity contribution in [1.82, 2.24) is 4.90 Å². The first-order valence-electron chi connectivity index (χ1n) is 9.54. The van der Waals surface area contributed by atoms with Gasteiger partial charge in [0.25, 0.3) is 0 Å². The van der Waals surface area contributed by atoms with Crippen LogP contribution < -0.4 is 0 Å². The maximum absolute atomic E-state index is 12.1. The fourth-order valence-electron chi connectivity index (χ4n) is 4.29. The molecule has 1 heterocycles. The van der Waals surface area contributed by atoms with Crippen molar-refractivity contribution in [3.8, 4) is 5.75 Å². The molecular weight excluding hydrogens is 334 g/mol. The van der Waals surface area contributed by atoms with Crippen LogP contribution in [0.4, 0.5) is 0 Å². The van der Waals surface area contributed by atoms with Crippen LogP contribution in [0.3, 0.4) is 0 Å². The van der Waals surface area contributed by atoms with Crippen LogP contribution in [0.2, 0.25) is 0 Å². The molecule has 0 amide bonds. The molecule has 138 valence electrons. The summed E-state index contributed by atoms with van der Waals surface area (Å²) < 4.78 is 0. The van der Waals surface area contributed by atoms with E-state index in [0.29, 0.717) is 12.3 Å². The lowest BCUT2D eigenvalue weighted by Gasteiger charge is -2.40. The Balaban J connectivity index is 1.74. The zero-order valence-electron chi connectivity index (χ0n) is 15.3. The minimum Gasteiger partial charge on any atom is -0.508 e. The molecule has 0 unspecified atom stereocenters. The zero-order chi connectivity index (χ0) is 18.7. The SMILES string of the molecule is Oc1ccccc1CN1CCC[C@H]1C(O)(c1ccccc1)c1ccccc1. The molecule has 1 aliphatic heterocycles. The van der Waals surface area contributed by atoms with E-state index in [9.17, 15) is 10.2 Å². The molecule has 27 heavy (non-hydrogen) atoms. The minimum absolute atomic E-state index is 0.0538. The predicted molar refractivity (Wildman–Crippen MR) is 107 cm³/mol. The number of likely N-dealkylation sites (tertiary alicyclic amines) is 1. The van der Waals surface area contributed by atoms with Crippen LogP contribution in [0.15, 0.2) is 84.9 Å². The van der Waals surface area contributed by atoms with Crippen LogP contribution in [0.1, 0.15) is 29.5 Å². The third kappa shape index (κ3) is 3.36. The Morgan fingerprint density at radius 2 is 1.37 bits per heavy atom. The lowest BCUT2D eigenvalue weighted by atomic mass is 9.79. The molecular formula is C24H25NO2. The summed E-state index contributed by atoms with van der Waals surface area (Å²) in [6.07, 6.45) is 1.94. The topological polar surface area (TPSA) is 43.7 Å². The number of hydrogen-bond donors (Lipinski definition) is 2. The summed E-state index contributed by atoms with van der Waals surface area (Å²) in [6, 6.07) is 27.3. The van der Waals surface area contributed by atoms with Crippen molar-refractivity contribution in [2.75, 3.05) is 6.54 Å². The third-order valence-electron chi connectivity index (χ3n) is 5.64. The van der Waals surface area contributed by atoms with Crippen LogP contribution in [-0.2, 0) is 12.1 Å². The van der Waals surface area contributed by atoms with Crippen LogP contribution >= 0.6 is 0 Å². The van der Waals surface area contributed by atoms with Crippen molar-refractivity contribution in [2.24, 2.45) is 0 Å². The van der Waals surface area contributed by atoms with Gasteiger partial charge >= 0.3 is 0 Å². The number of rotatable bonds is 5. The summed E-state index contributed by atoms with van der Waals surface area (Å²) >= 11 is 0. The molecule has 0 bridgehead atoms. The Kier molecular flexibility index (Phi) is 4.97. The monoisotopic (exact) mass is 359 g/mol. The molecule has 3 aromatic carbocycles. The second kappa shape index (κ2) is 7.55. The fourth-order valence-corrected chi connectivity index (χ4v) is 4.29. The van der Waals surface area contributed by atoms with Gasteiger partial charge in [0.05, 0.1) is 0 Å². The van der Waals surface area contributed by atoms with E-state index in [4.69, 9.17) is 0 Å². The molecule has 0 spiro atoms. The number of aliphatic hydroxyl groups is 1. The molecule has 1 saturated heterocycles. The molecule has 0 aliphatic carbocycles. The zero-order valence-corrected chi connectivity index (χ0v) is 15.3. The summed E-state index contributed by atoms with van der Waals surface area (Å²) in [6.45, 7) is 1.53. The first-order chi connectivity index (χ1) is 13.2. The molecule has 2 N–H and O–H groups in total. The van der Waals surface area contributed by atoms with E-state index in [1.807, 2.05) is 78.9 Å². The Morgan fingerprint density at radius 3 is 1.96 bits per heavy atom. The minimum atomic E-state index is -1.09. The van der Waals surface area contributed by atoms with Gasteiger partial charge < -0.3 is 10.2 Å². The Bertz CT molecular complexity index is 840. The highest BCUT2D eigenvalue weighted by Crippen LogP contribution is 2.41. The molecule has 3 nitrogen and oxygen atoms in total. The highest BCUT2D eigenvalue weighted by atomic mass is 16.3. The molecule has 1 aliphatic rings. The highest BCUT2D eigenvalue weighted by molar-refractivity contribution is 5.39. The summed E-state index contributed by atoms with van der Waals surface area (Å²) in [5.41, 5.74) is 1.62. The van der Waals surface area contributed by atoms with E-state index < -0.39 is 5.60 Å². The van der Waals surface area contributed by atoms with E-state index in [1.165, 1.54) is 0 Å². The van der Waals surface area contributed by atoms with Gasteiger partial charge in [-0.3, -0.25) is 4.90 Å². The van der Waals surface area contributed by atoms with Crippen LogP contribution in [0.5, 0.6) is 5.75 Å². The summed E-state index contributed by atoms with van der Waals surface area (Å²) in [4.78, 5) is 2.30. The first-order valence-corrected chi connectivity index (χ1v) is 9.54. The van der Waals surface area contributed by atoms with Crippen LogP contribution in [0, 0.1) is 0 Å². The van der Waals surface area contributed by atoms with E-state index in [2.05, 4.69) is 4.90 Å². The van der Waals surface area contributed by atoms with Gasteiger partial charge in [0.1, 0.15) is 11.4 Å². The van der Waals surface area contributed by atoms with E-state index in [1.54, 1.807) is 6.07 Å². The Hall–Kier alpha value is -2.62. The van der Waals surface area contributed by atoms with Crippen LogP contribution in [-0.4, -0.2) is 27.7 Å². The molecule has 0 radical (unpaired) electrons. The normalized spacial score (nSPS) is 17.9. The third-order valence-corrected chi connectivity index (χ3v) is 5.64. The largest absolute Gasteiger partial charge is 0.508 e. The van der Waals surface area contributed by atoms with Crippen molar-refractivity contribution in [3.63, 3.8) is 0 Å². The maximum Gasteiger partial charge on any atom is 0.130 e. The van der Waals surface area contributed by atoms with Crippen LogP contribution in [0.25, 0.3) is 0 Å². The number of nitrogens with zero attached hydrogens (tertiary/aromatic N) is 1. The molecule has 0 aromatic heterocycles. The summed E-state index contributed by atoms with van der Waals surface area (Å²) in [7, 11) is 0. The number of phenols is 1. The van der Waals surface area contributed by atoms with Crippen molar-refractivity contribution >= 4 is 0 Å². The number of phenolic OH excluding ortho intramolecular Hbond substituents is 1. The first kappa shape index (κ1) is 17.8. The van der Waals surface area contributed by atoms with Crippen molar-refractivity contribution in [1.29, 1.82) is 0 Å². The van der Waals surface area contributed by atoms with Gasteiger partial charge in [0, 0.05) is 18.2 Å². The lowest BCUT2D eigenvalue weighted by molar-refractivity contribution is -0.00672. The number of para-hydroxylation sites is 1. The molecule has 1 fully saturated rings. The Morgan fingerprint density at radius 1 is 0.815 bits per heavy atom. The maximum atomic E-state index is 12.1. The molecule has 0 saturated carbocycles. The van der Waals surface area contributed by atoms with Gasteiger partial charge in [-0.05, 0) is 36.6 Å². The van der Waals surface area contributed by atoms with Gasteiger partial charge in [-0.1, -0.05) is 78.9 Å². The van der Waals surface area contributed by atoms with Gasteiger partial charge in [-0.2, -0.15) is 0 Å². The van der Waals surface area contributed by atoms with Crippen molar-refractivity contribution in [2.45, 2.75) is 31.0 Å². The molecule has 3 aromatic rings. The molecule has 1 atom stereocenters. The van der Waals surface area contributed by atoms with Gasteiger partial charge in [0.2, 0.25) is 0 Å². The molecule has 4 rings (SSSR count). The molecule has 3 heteroatoms. The van der Waals surface area contributed by atoms with Crippen molar-refractivity contribution in [3.05, 3.63) is 102 Å². The van der Waals surface area contributed by atoms with Gasteiger partial charge in [-0.25, -0.2) is 0 Å². The quantitative estimate of drug-likeness (QED) is 0.714. The highest BCUT2D eigenvalue weighted by Gasteiger charge is 2.45. The van der Waals surface area contributed by atoms with E-state index in [-0.39, 0.29) is 6.04 Å². The predicted octanol–water partition coefficient (Wildman–Crippen LogP) is 4.29. The Labute approximate surface area is 160 Å². The summed E-state index contributed by atoms with van der Waals surface area (Å²) in [5, 5.41) is 22.3. The van der Waals surface area contributed by atoms with E-state index in [0.717, 1.165) is 36.1 Å². The smallest absolute Gasteiger partial charge is 0.130 e. The fraction of sp³-hybridized carbons (Fsp3) is 0.250. The average Bonchev–Trinajstić information content (AvgIpc) is 3.19. The van der Waals surface area contributed by atoms with E-state index >= 15 is 0 Å². The number of hydrogen-bond acceptors (Lipinski definition) is 3. The number of aromatic hydroxyl groups is 1. The lowest BCUT2D eigenvalue weighted by Crippen LogP contribution is -2.48. The standard InChI is InChI=1S/C24H25NO2/c26-22-15-8-7-10-19(22)18-25-17-9-16-23(25)24(27,20-11-3-1-4-12-20)21-13-5-2-6-14-21/h1-8,10-15,23,26-27H,9,16-18H2/t23-/m0/s1. The number of benzene rings is 3. The second-order valence-electron chi connectivity index (χ2n) is 7.26. The van der Waals surface area contributed by atoms with Gasteiger partial charge in [-0.15, -0.1) is 0 Å².